The van der Waals surface area contributed by atoms with E-state index in [-0.39, 0.29) is 18.6 Å². The number of aliphatic carboxylic acids is 1. The normalized spacial score (nSPS) is 15.2. The number of benzene rings is 1. The highest BCUT2D eigenvalue weighted by molar-refractivity contribution is 9.10. The first-order valence-electron chi connectivity index (χ1n) is 6.19. The second kappa shape index (κ2) is 6.85. The van der Waals surface area contributed by atoms with Gasteiger partial charge < -0.3 is 14.9 Å². The van der Waals surface area contributed by atoms with Crippen LogP contribution in [0.25, 0.3) is 0 Å². The Kier molecular flexibility index (Phi) is 5.71. The number of esters is 1. The van der Waals surface area contributed by atoms with Crippen LogP contribution >= 0.6 is 15.9 Å². The monoisotopic (exact) mass is 344 g/mol. The molecule has 1 aromatic carbocycles. The van der Waals surface area contributed by atoms with Gasteiger partial charge in [-0.25, -0.2) is 0 Å². The van der Waals surface area contributed by atoms with Gasteiger partial charge in [-0.15, -0.1) is 0 Å². The molecule has 0 saturated carbocycles. The molecule has 0 aliphatic carbocycles. The Morgan fingerprint density at radius 3 is 2.30 bits per heavy atom. The third-order valence-electron chi connectivity index (χ3n) is 2.93. The molecule has 110 valence electrons. The summed E-state index contributed by atoms with van der Waals surface area (Å²) in [5, 5.41) is 19.2. The molecule has 1 rings (SSSR count). The zero-order valence-corrected chi connectivity index (χ0v) is 12.9. The van der Waals surface area contributed by atoms with Gasteiger partial charge in [-0.1, -0.05) is 28.1 Å². The molecular formula is C14H17BrO5. The van der Waals surface area contributed by atoms with Crippen LogP contribution in [-0.4, -0.2) is 34.9 Å². The average Bonchev–Trinajstić information content (AvgIpc) is 2.36. The van der Waals surface area contributed by atoms with Gasteiger partial charge >= 0.3 is 11.9 Å². The van der Waals surface area contributed by atoms with Gasteiger partial charge in [0, 0.05) is 10.9 Å². The molecule has 0 saturated heterocycles. The highest BCUT2D eigenvalue weighted by Gasteiger charge is 2.50. The van der Waals surface area contributed by atoms with E-state index in [2.05, 4.69) is 15.9 Å². The van der Waals surface area contributed by atoms with Crippen molar-refractivity contribution in [3.8, 4) is 0 Å². The molecule has 0 heterocycles. The summed E-state index contributed by atoms with van der Waals surface area (Å²) in [4.78, 5) is 23.9. The van der Waals surface area contributed by atoms with Crippen molar-refractivity contribution in [2.75, 3.05) is 6.61 Å². The maximum atomic E-state index is 12.2. The number of hydrogen-bond donors (Lipinski definition) is 2. The lowest BCUT2D eigenvalue weighted by Crippen LogP contribution is -2.47. The maximum Gasteiger partial charge on any atom is 0.328 e. The summed E-state index contributed by atoms with van der Waals surface area (Å²) in [7, 11) is 0. The molecule has 0 amide bonds. The number of aliphatic hydroxyl groups is 1. The van der Waals surface area contributed by atoms with Gasteiger partial charge in [-0.3, -0.25) is 9.59 Å². The van der Waals surface area contributed by atoms with Crippen LogP contribution in [0.5, 0.6) is 0 Å². The summed E-state index contributed by atoms with van der Waals surface area (Å²) in [6, 6.07) is 6.37. The number of rotatable bonds is 6. The van der Waals surface area contributed by atoms with E-state index in [0.29, 0.717) is 0 Å². The van der Waals surface area contributed by atoms with E-state index in [4.69, 9.17) is 4.74 Å². The topological polar surface area (TPSA) is 83.8 Å². The summed E-state index contributed by atoms with van der Waals surface area (Å²) < 4.78 is 5.68. The Hall–Kier alpha value is -1.40. The fourth-order valence-corrected chi connectivity index (χ4v) is 2.31. The standard InChI is InChI=1S/C14H17BrO5/c1-3-20-13(19)14(12(17)18,8-9(2)16)10-4-6-11(15)7-5-10/h4-7,9,16H,3,8H2,1-2H3,(H,17,18). The Labute approximate surface area is 125 Å². The number of aliphatic hydroxyl groups excluding tert-OH is 1. The third-order valence-corrected chi connectivity index (χ3v) is 3.46. The fraction of sp³-hybridized carbons (Fsp3) is 0.429. The van der Waals surface area contributed by atoms with Crippen LogP contribution in [0.2, 0.25) is 0 Å². The predicted molar refractivity (Wildman–Crippen MR) is 76.4 cm³/mol. The molecule has 0 aromatic heterocycles. The number of carbonyl (C=O) groups is 2. The first-order valence-corrected chi connectivity index (χ1v) is 6.98. The Balaban J connectivity index is 3.39. The van der Waals surface area contributed by atoms with E-state index in [1.807, 2.05) is 0 Å². The van der Waals surface area contributed by atoms with E-state index in [1.165, 1.54) is 19.1 Å². The summed E-state index contributed by atoms with van der Waals surface area (Å²) >= 11 is 3.25. The number of carboxylic acids is 1. The largest absolute Gasteiger partial charge is 0.480 e. The Morgan fingerprint density at radius 1 is 1.35 bits per heavy atom. The highest BCUT2D eigenvalue weighted by atomic mass is 79.9. The summed E-state index contributed by atoms with van der Waals surface area (Å²) in [5.74, 6) is -2.20. The zero-order valence-electron chi connectivity index (χ0n) is 11.3. The number of carbonyl (C=O) groups excluding carboxylic acids is 1. The molecule has 6 heteroatoms. The van der Waals surface area contributed by atoms with Gasteiger partial charge in [-0.2, -0.15) is 0 Å². The minimum absolute atomic E-state index is 0.0736. The lowest BCUT2D eigenvalue weighted by atomic mass is 9.76. The summed E-state index contributed by atoms with van der Waals surface area (Å²) in [5.41, 5.74) is -1.61. The fourth-order valence-electron chi connectivity index (χ4n) is 2.05. The number of ether oxygens (including phenoxy) is 1. The minimum atomic E-state index is -1.90. The Bertz CT molecular complexity index is 483. The van der Waals surface area contributed by atoms with Crippen molar-refractivity contribution < 1.29 is 24.5 Å². The maximum absolute atomic E-state index is 12.2. The van der Waals surface area contributed by atoms with E-state index in [0.717, 1.165) is 4.47 Å². The molecule has 2 atom stereocenters. The van der Waals surface area contributed by atoms with Gasteiger partial charge in [-0.05, 0) is 31.5 Å². The van der Waals surface area contributed by atoms with Crippen molar-refractivity contribution >= 4 is 27.9 Å². The molecule has 0 radical (unpaired) electrons. The molecule has 20 heavy (non-hydrogen) atoms. The van der Waals surface area contributed by atoms with Gasteiger partial charge in [0.25, 0.3) is 0 Å². The van der Waals surface area contributed by atoms with Crippen molar-refractivity contribution in [3.63, 3.8) is 0 Å². The van der Waals surface area contributed by atoms with E-state index in [1.54, 1.807) is 19.1 Å². The van der Waals surface area contributed by atoms with Gasteiger partial charge in [0.1, 0.15) is 0 Å². The first-order chi connectivity index (χ1) is 9.34. The second-order valence-corrected chi connectivity index (χ2v) is 5.41. The predicted octanol–water partition coefficient (Wildman–Crippen LogP) is 2.11. The molecule has 1 aromatic rings. The second-order valence-electron chi connectivity index (χ2n) is 4.49. The molecule has 0 spiro atoms. The van der Waals surface area contributed by atoms with E-state index >= 15 is 0 Å². The van der Waals surface area contributed by atoms with Gasteiger partial charge in [0.2, 0.25) is 0 Å². The van der Waals surface area contributed by atoms with Gasteiger partial charge in [0.05, 0.1) is 12.7 Å². The van der Waals surface area contributed by atoms with Gasteiger partial charge in [0.15, 0.2) is 5.41 Å². The molecule has 2 unspecified atom stereocenters. The minimum Gasteiger partial charge on any atom is -0.480 e. The van der Waals surface area contributed by atoms with Crippen molar-refractivity contribution in [3.05, 3.63) is 34.3 Å². The van der Waals surface area contributed by atoms with Crippen molar-refractivity contribution in [1.29, 1.82) is 0 Å². The smallest absolute Gasteiger partial charge is 0.328 e. The van der Waals surface area contributed by atoms with Crippen molar-refractivity contribution in [1.82, 2.24) is 0 Å². The average molecular weight is 345 g/mol. The number of hydrogen-bond acceptors (Lipinski definition) is 4. The van der Waals surface area contributed by atoms with Crippen LogP contribution in [-0.2, 0) is 19.7 Å². The van der Waals surface area contributed by atoms with Crippen LogP contribution in [0.4, 0.5) is 0 Å². The summed E-state index contributed by atoms with van der Waals surface area (Å²) in [6.07, 6.45) is -1.21. The first kappa shape index (κ1) is 16.7. The zero-order chi connectivity index (χ0) is 15.3. The lowest BCUT2D eigenvalue weighted by molar-refractivity contribution is -0.163. The third kappa shape index (κ3) is 3.37. The molecule has 2 N–H and O–H groups in total. The molecule has 0 aliphatic heterocycles. The molecule has 0 bridgehead atoms. The number of halogens is 1. The van der Waals surface area contributed by atoms with Crippen LogP contribution in [0.3, 0.4) is 0 Å². The van der Waals surface area contributed by atoms with Crippen LogP contribution in [0, 0.1) is 0 Å². The molecule has 0 fully saturated rings. The van der Waals surface area contributed by atoms with E-state index < -0.39 is 23.5 Å². The molecular weight excluding hydrogens is 328 g/mol. The number of carboxylic acid groups (broad SMARTS) is 1. The highest BCUT2D eigenvalue weighted by Crippen LogP contribution is 2.32. The van der Waals surface area contributed by atoms with Crippen molar-refractivity contribution in [2.45, 2.75) is 31.8 Å². The quantitative estimate of drug-likeness (QED) is 0.609. The van der Waals surface area contributed by atoms with Crippen LogP contribution in [0.1, 0.15) is 25.8 Å². The summed E-state index contributed by atoms with van der Waals surface area (Å²) in [6.45, 7) is 3.12. The molecule has 5 nitrogen and oxygen atoms in total. The van der Waals surface area contributed by atoms with Crippen LogP contribution < -0.4 is 0 Å². The SMILES string of the molecule is CCOC(=O)C(CC(C)O)(C(=O)O)c1ccc(Br)cc1. The van der Waals surface area contributed by atoms with E-state index in [9.17, 15) is 19.8 Å². The Morgan fingerprint density at radius 2 is 1.90 bits per heavy atom. The van der Waals surface area contributed by atoms with Crippen LogP contribution in [0.15, 0.2) is 28.7 Å². The lowest BCUT2D eigenvalue weighted by Gasteiger charge is -2.28. The van der Waals surface area contributed by atoms with Crippen molar-refractivity contribution in [2.24, 2.45) is 0 Å². The molecule has 0 aliphatic rings.